The summed E-state index contributed by atoms with van der Waals surface area (Å²) >= 11 is 1.41. The Balaban J connectivity index is 1.87. The Morgan fingerprint density at radius 1 is 1.04 bits per heavy atom. The second kappa shape index (κ2) is 8.24. The van der Waals surface area contributed by atoms with E-state index in [1.54, 1.807) is 31.4 Å². The van der Waals surface area contributed by atoms with Gasteiger partial charge in [0, 0.05) is 23.2 Å². The average Bonchev–Trinajstić information content (AvgIpc) is 2.53. The van der Waals surface area contributed by atoms with Crippen LogP contribution < -0.4 is 15.4 Å². The molecule has 0 saturated heterocycles. The van der Waals surface area contributed by atoms with Crippen LogP contribution in [-0.4, -0.2) is 24.7 Å². The lowest BCUT2D eigenvalue weighted by Crippen LogP contribution is -2.13. The Kier molecular flexibility index (Phi) is 6.05. The molecular formula is C17H18N2O3S. The number of carbonyl (C=O) groups is 2. The summed E-state index contributed by atoms with van der Waals surface area (Å²) < 4.78 is 5.07. The van der Waals surface area contributed by atoms with Crippen molar-refractivity contribution >= 4 is 35.0 Å². The third-order valence-electron chi connectivity index (χ3n) is 2.90. The van der Waals surface area contributed by atoms with Crippen LogP contribution in [0.25, 0.3) is 0 Å². The van der Waals surface area contributed by atoms with Crippen molar-refractivity contribution in [2.75, 3.05) is 23.5 Å². The fourth-order valence-electron chi connectivity index (χ4n) is 1.89. The quantitative estimate of drug-likeness (QED) is 0.797. The first kappa shape index (κ1) is 16.9. The molecule has 0 heterocycles. The molecule has 0 unspecified atom stereocenters. The highest BCUT2D eigenvalue weighted by Gasteiger charge is 2.05. The maximum absolute atomic E-state index is 12.0. The number of rotatable bonds is 6. The smallest absolute Gasteiger partial charge is 0.234 e. The van der Waals surface area contributed by atoms with Crippen LogP contribution in [0.1, 0.15) is 6.92 Å². The number of methoxy groups -OCH3 is 1. The Morgan fingerprint density at radius 2 is 1.78 bits per heavy atom. The van der Waals surface area contributed by atoms with Crippen molar-refractivity contribution in [2.45, 2.75) is 11.8 Å². The molecule has 2 aromatic rings. The molecule has 23 heavy (non-hydrogen) atoms. The van der Waals surface area contributed by atoms with E-state index < -0.39 is 0 Å². The molecule has 0 saturated carbocycles. The van der Waals surface area contributed by atoms with E-state index in [0.29, 0.717) is 0 Å². The largest absolute Gasteiger partial charge is 0.497 e. The molecule has 2 N–H and O–H groups in total. The summed E-state index contributed by atoms with van der Waals surface area (Å²) in [7, 11) is 1.60. The highest BCUT2D eigenvalue weighted by Crippen LogP contribution is 2.22. The Bertz CT molecular complexity index is 686. The number of hydrogen-bond donors (Lipinski definition) is 2. The zero-order valence-electron chi connectivity index (χ0n) is 13.0. The number of amides is 2. The molecule has 0 radical (unpaired) electrons. The lowest BCUT2D eigenvalue weighted by molar-refractivity contribution is -0.114. The number of nitrogens with one attached hydrogen (secondary N) is 2. The van der Waals surface area contributed by atoms with Crippen molar-refractivity contribution in [1.29, 1.82) is 0 Å². The molecule has 0 aromatic heterocycles. The Labute approximate surface area is 139 Å². The van der Waals surface area contributed by atoms with Gasteiger partial charge in [0.1, 0.15) is 5.75 Å². The summed E-state index contributed by atoms with van der Waals surface area (Å²) in [5.41, 5.74) is 1.45. The lowest BCUT2D eigenvalue weighted by Gasteiger charge is -2.07. The molecule has 0 aliphatic rings. The highest BCUT2D eigenvalue weighted by atomic mass is 32.2. The molecule has 0 atom stereocenters. The van der Waals surface area contributed by atoms with Gasteiger partial charge in [-0.15, -0.1) is 11.8 Å². The van der Waals surface area contributed by atoms with Gasteiger partial charge in [0.15, 0.2) is 0 Å². The number of hydrogen-bond acceptors (Lipinski definition) is 4. The van der Waals surface area contributed by atoms with Crippen LogP contribution in [-0.2, 0) is 9.59 Å². The Hall–Kier alpha value is -2.47. The highest BCUT2D eigenvalue weighted by molar-refractivity contribution is 8.00. The van der Waals surface area contributed by atoms with E-state index >= 15 is 0 Å². The molecule has 6 heteroatoms. The van der Waals surface area contributed by atoms with Gasteiger partial charge >= 0.3 is 0 Å². The van der Waals surface area contributed by atoms with E-state index in [1.165, 1.54) is 18.7 Å². The number of ether oxygens (including phenoxy) is 1. The zero-order valence-corrected chi connectivity index (χ0v) is 13.8. The summed E-state index contributed by atoms with van der Waals surface area (Å²) in [6.45, 7) is 1.46. The van der Waals surface area contributed by atoms with Gasteiger partial charge in [-0.25, -0.2) is 0 Å². The van der Waals surface area contributed by atoms with Gasteiger partial charge < -0.3 is 15.4 Å². The SMILES string of the molecule is COc1ccc(NC(=O)CSc2cccc(NC(C)=O)c2)cc1. The van der Waals surface area contributed by atoms with Crippen molar-refractivity contribution in [3.05, 3.63) is 48.5 Å². The molecule has 2 rings (SSSR count). The molecule has 0 aliphatic carbocycles. The fraction of sp³-hybridized carbons (Fsp3) is 0.176. The van der Waals surface area contributed by atoms with E-state index in [9.17, 15) is 9.59 Å². The lowest BCUT2D eigenvalue weighted by atomic mass is 10.3. The molecule has 0 spiro atoms. The van der Waals surface area contributed by atoms with E-state index in [2.05, 4.69) is 10.6 Å². The van der Waals surface area contributed by atoms with Gasteiger partial charge in [-0.05, 0) is 42.5 Å². The predicted octanol–water partition coefficient (Wildman–Crippen LogP) is 3.38. The molecular weight excluding hydrogens is 312 g/mol. The maximum Gasteiger partial charge on any atom is 0.234 e. The third-order valence-corrected chi connectivity index (χ3v) is 3.89. The zero-order chi connectivity index (χ0) is 16.7. The van der Waals surface area contributed by atoms with Crippen molar-refractivity contribution in [3.8, 4) is 5.75 Å². The molecule has 120 valence electrons. The first-order valence-electron chi connectivity index (χ1n) is 7.01. The van der Waals surface area contributed by atoms with Gasteiger partial charge in [0.25, 0.3) is 0 Å². The predicted molar refractivity (Wildman–Crippen MR) is 93.1 cm³/mol. The number of benzene rings is 2. The number of carbonyl (C=O) groups excluding carboxylic acids is 2. The normalized spacial score (nSPS) is 10.0. The van der Waals surface area contributed by atoms with Crippen LogP contribution in [0.5, 0.6) is 5.75 Å². The molecule has 0 fully saturated rings. The number of thioether (sulfide) groups is 1. The van der Waals surface area contributed by atoms with Crippen LogP contribution in [0.15, 0.2) is 53.4 Å². The maximum atomic E-state index is 12.0. The van der Waals surface area contributed by atoms with Crippen LogP contribution >= 0.6 is 11.8 Å². The fourth-order valence-corrected chi connectivity index (χ4v) is 2.64. The summed E-state index contributed by atoms with van der Waals surface area (Å²) in [5, 5.41) is 5.54. The minimum atomic E-state index is -0.121. The summed E-state index contributed by atoms with van der Waals surface area (Å²) in [6.07, 6.45) is 0. The third kappa shape index (κ3) is 5.67. The monoisotopic (exact) mass is 330 g/mol. The van der Waals surface area contributed by atoms with E-state index in [1.807, 2.05) is 24.3 Å². The molecule has 2 amide bonds. The summed E-state index contributed by atoms with van der Waals surface area (Å²) in [5.74, 6) is 0.817. The van der Waals surface area contributed by atoms with Crippen molar-refractivity contribution in [1.82, 2.24) is 0 Å². The van der Waals surface area contributed by atoms with Gasteiger partial charge in [-0.1, -0.05) is 6.07 Å². The minimum Gasteiger partial charge on any atom is -0.497 e. The Morgan fingerprint density at radius 3 is 2.43 bits per heavy atom. The average molecular weight is 330 g/mol. The summed E-state index contributed by atoms with van der Waals surface area (Å²) in [6, 6.07) is 14.6. The van der Waals surface area contributed by atoms with Gasteiger partial charge in [-0.3, -0.25) is 9.59 Å². The van der Waals surface area contributed by atoms with Crippen molar-refractivity contribution in [2.24, 2.45) is 0 Å². The van der Waals surface area contributed by atoms with Gasteiger partial charge in [0.2, 0.25) is 11.8 Å². The first-order chi connectivity index (χ1) is 11.1. The van der Waals surface area contributed by atoms with E-state index in [0.717, 1.165) is 22.0 Å². The molecule has 2 aromatic carbocycles. The topological polar surface area (TPSA) is 67.4 Å². The van der Waals surface area contributed by atoms with Crippen LogP contribution in [0.2, 0.25) is 0 Å². The van der Waals surface area contributed by atoms with Crippen LogP contribution in [0.4, 0.5) is 11.4 Å². The summed E-state index contributed by atoms with van der Waals surface area (Å²) in [4.78, 5) is 23.9. The van der Waals surface area contributed by atoms with Gasteiger partial charge in [0.05, 0.1) is 12.9 Å². The minimum absolute atomic E-state index is 0.0925. The van der Waals surface area contributed by atoms with Crippen molar-refractivity contribution in [3.63, 3.8) is 0 Å². The first-order valence-corrected chi connectivity index (χ1v) is 8.00. The van der Waals surface area contributed by atoms with Crippen LogP contribution in [0, 0.1) is 0 Å². The van der Waals surface area contributed by atoms with Crippen molar-refractivity contribution < 1.29 is 14.3 Å². The van der Waals surface area contributed by atoms with E-state index in [-0.39, 0.29) is 17.6 Å². The second-order valence-electron chi connectivity index (χ2n) is 4.77. The molecule has 0 bridgehead atoms. The molecule has 0 aliphatic heterocycles. The van der Waals surface area contributed by atoms with Gasteiger partial charge in [-0.2, -0.15) is 0 Å². The molecule has 5 nitrogen and oxygen atoms in total. The van der Waals surface area contributed by atoms with Crippen LogP contribution in [0.3, 0.4) is 0 Å². The number of anilines is 2. The standard InChI is InChI=1S/C17H18N2O3S/c1-12(20)18-14-4-3-5-16(10-14)23-11-17(21)19-13-6-8-15(22-2)9-7-13/h3-10H,11H2,1-2H3,(H,18,20)(H,19,21). The van der Waals surface area contributed by atoms with E-state index in [4.69, 9.17) is 4.74 Å². The second-order valence-corrected chi connectivity index (χ2v) is 5.82.